The molecule has 0 bridgehead atoms. The van der Waals surface area contributed by atoms with E-state index in [-0.39, 0.29) is 5.78 Å². The highest BCUT2D eigenvalue weighted by atomic mass is 16.5. The second-order valence-electron chi connectivity index (χ2n) is 5.62. The summed E-state index contributed by atoms with van der Waals surface area (Å²) in [4.78, 5) is 11.6. The molecule has 0 aliphatic carbocycles. The maximum absolute atomic E-state index is 11.6. The Labute approximate surface area is 124 Å². The Bertz CT molecular complexity index is 701. The first-order valence-electron chi connectivity index (χ1n) is 7.36. The van der Waals surface area contributed by atoms with E-state index in [1.54, 1.807) is 6.92 Å². The molecule has 0 amide bonds. The van der Waals surface area contributed by atoms with Crippen molar-refractivity contribution in [1.82, 2.24) is 9.78 Å². The lowest BCUT2D eigenvalue weighted by Gasteiger charge is -2.07. The monoisotopic (exact) mass is 284 g/mol. The van der Waals surface area contributed by atoms with Crippen molar-refractivity contribution in [2.24, 2.45) is 0 Å². The molecule has 0 fully saturated rings. The van der Waals surface area contributed by atoms with E-state index in [2.05, 4.69) is 23.3 Å². The van der Waals surface area contributed by atoms with E-state index in [9.17, 15) is 4.79 Å². The standard InChI is InChI=1S/C17H20N2O2/c1-11-17(13(3)20)12(2)19(18-11)8-6-14-4-5-16-15(10-14)7-9-21-16/h4-5,10H,6-9H2,1-3H3. The van der Waals surface area contributed by atoms with Crippen LogP contribution in [0.25, 0.3) is 0 Å². The van der Waals surface area contributed by atoms with Crippen LogP contribution >= 0.6 is 0 Å². The average Bonchev–Trinajstić information content (AvgIpc) is 3.00. The predicted molar refractivity (Wildman–Crippen MR) is 81.1 cm³/mol. The normalized spacial score (nSPS) is 13.1. The van der Waals surface area contributed by atoms with Gasteiger partial charge in [-0.15, -0.1) is 0 Å². The van der Waals surface area contributed by atoms with Gasteiger partial charge in [0.15, 0.2) is 5.78 Å². The minimum absolute atomic E-state index is 0.0888. The van der Waals surface area contributed by atoms with E-state index in [0.717, 1.165) is 48.7 Å². The van der Waals surface area contributed by atoms with Gasteiger partial charge >= 0.3 is 0 Å². The van der Waals surface area contributed by atoms with E-state index in [1.165, 1.54) is 11.1 Å². The molecular formula is C17H20N2O2. The van der Waals surface area contributed by atoms with Gasteiger partial charge in [0, 0.05) is 18.7 Å². The predicted octanol–water partition coefficient (Wildman–Crippen LogP) is 2.88. The van der Waals surface area contributed by atoms with Crippen LogP contribution in [0.4, 0.5) is 0 Å². The third-order valence-electron chi connectivity index (χ3n) is 4.10. The lowest BCUT2D eigenvalue weighted by atomic mass is 10.1. The van der Waals surface area contributed by atoms with Crippen LogP contribution in [0.2, 0.25) is 0 Å². The third-order valence-corrected chi connectivity index (χ3v) is 4.10. The molecular weight excluding hydrogens is 264 g/mol. The second-order valence-corrected chi connectivity index (χ2v) is 5.62. The van der Waals surface area contributed by atoms with Gasteiger partial charge in [0.05, 0.1) is 17.9 Å². The molecule has 0 unspecified atom stereocenters. The molecule has 2 heterocycles. The minimum Gasteiger partial charge on any atom is -0.493 e. The first kappa shape index (κ1) is 13.9. The van der Waals surface area contributed by atoms with Gasteiger partial charge in [0.2, 0.25) is 0 Å². The smallest absolute Gasteiger partial charge is 0.163 e. The van der Waals surface area contributed by atoms with Crippen molar-refractivity contribution >= 4 is 5.78 Å². The summed E-state index contributed by atoms with van der Waals surface area (Å²) in [5.74, 6) is 1.11. The Balaban J connectivity index is 1.76. The lowest BCUT2D eigenvalue weighted by molar-refractivity contribution is 0.101. The number of fused-ring (bicyclic) bond motifs is 1. The first-order valence-corrected chi connectivity index (χ1v) is 7.36. The fraction of sp³-hybridized carbons (Fsp3) is 0.412. The molecule has 110 valence electrons. The summed E-state index contributed by atoms with van der Waals surface area (Å²) in [5.41, 5.74) is 5.13. The van der Waals surface area contributed by atoms with Crippen molar-refractivity contribution in [2.75, 3.05) is 6.61 Å². The van der Waals surface area contributed by atoms with Gasteiger partial charge in [-0.1, -0.05) is 12.1 Å². The molecule has 3 rings (SSSR count). The van der Waals surface area contributed by atoms with Crippen molar-refractivity contribution in [3.63, 3.8) is 0 Å². The zero-order valence-corrected chi connectivity index (χ0v) is 12.8. The molecule has 0 spiro atoms. The number of carbonyl (C=O) groups excluding carboxylic acids is 1. The summed E-state index contributed by atoms with van der Waals surface area (Å²) < 4.78 is 7.47. The largest absolute Gasteiger partial charge is 0.493 e. The van der Waals surface area contributed by atoms with Crippen molar-refractivity contribution in [3.05, 3.63) is 46.3 Å². The van der Waals surface area contributed by atoms with Crippen LogP contribution in [0.1, 0.15) is 39.8 Å². The molecule has 1 aliphatic heterocycles. The number of nitrogens with zero attached hydrogens (tertiary/aromatic N) is 2. The van der Waals surface area contributed by atoms with E-state index in [4.69, 9.17) is 4.74 Å². The number of carbonyl (C=O) groups is 1. The summed E-state index contributed by atoms with van der Waals surface area (Å²) in [6.07, 6.45) is 1.91. The lowest BCUT2D eigenvalue weighted by Crippen LogP contribution is -2.06. The average molecular weight is 284 g/mol. The summed E-state index contributed by atoms with van der Waals surface area (Å²) >= 11 is 0. The molecule has 2 aromatic rings. The van der Waals surface area contributed by atoms with E-state index < -0.39 is 0 Å². The number of benzene rings is 1. The Morgan fingerprint density at radius 3 is 2.90 bits per heavy atom. The second kappa shape index (κ2) is 5.35. The number of hydrogen-bond acceptors (Lipinski definition) is 3. The maximum Gasteiger partial charge on any atom is 0.163 e. The zero-order valence-electron chi connectivity index (χ0n) is 12.8. The Morgan fingerprint density at radius 1 is 1.38 bits per heavy atom. The van der Waals surface area contributed by atoms with Gasteiger partial charge in [-0.05, 0) is 44.4 Å². The fourth-order valence-electron chi connectivity index (χ4n) is 3.05. The molecule has 21 heavy (non-hydrogen) atoms. The third kappa shape index (κ3) is 2.58. The molecule has 0 saturated carbocycles. The summed E-state index contributed by atoms with van der Waals surface area (Å²) in [7, 11) is 0. The van der Waals surface area contributed by atoms with Gasteiger partial charge in [0.1, 0.15) is 5.75 Å². The van der Waals surface area contributed by atoms with E-state index >= 15 is 0 Å². The molecule has 0 N–H and O–H groups in total. The molecule has 1 aliphatic rings. The number of aromatic nitrogens is 2. The highest BCUT2D eigenvalue weighted by Crippen LogP contribution is 2.26. The summed E-state index contributed by atoms with van der Waals surface area (Å²) in [6.45, 7) is 7.04. The van der Waals surface area contributed by atoms with E-state index in [1.807, 2.05) is 18.5 Å². The van der Waals surface area contributed by atoms with Crippen molar-refractivity contribution in [1.29, 1.82) is 0 Å². The highest BCUT2D eigenvalue weighted by Gasteiger charge is 2.16. The van der Waals surface area contributed by atoms with Crippen LogP contribution in [0.15, 0.2) is 18.2 Å². The molecule has 4 heteroatoms. The van der Waals surface area contributed by atoms with Gasteiger partial charge in [-0.25, -0.2) is 0 Å². The molecule has 1 aromatic heterocycles. The molecule has 1 aromatic carbocycles. The summed E-state index contributed by atoms with van der Waals surface area (Å²) in [5, 5.41) is 4.49. The van der Waals surface area contributed by atoms with Crippen molar-refractivity contribution in [2.45, 2.75) is 40.2 Å². The fourth-order valence-corrected chi connectivity index (χ4v) is 3.05. The van der Waals surface area contributed by atoms with Crippen LogP contribution in [-0.4, -0.2) is 22.2 Å². The number of Topliss-reactive ketones (excluding diaryl/α,β-unsaturated/α-hetero) is 1. The Kier molecular flexibility index (Phi) is 3.53. The van der Waals surface area contributed by atoms with Gasteiger partial charge in [0.25, 0.3) is 0 Å². The zero-order chi connectivity index (χ0) is 15.0. The number of aryl methyl sites for hydroxylation is 3. The quantitative estimate of drug-likeness (QED) is 0.811. The van der Waals surface area contributed by atoms with Crippen molar-refractivity contribution < 1.29 is 9.53 Å². The Morgan fingerprint density at radius 2 is 2.19 bits per heavy atom. The van der Waals surface area contributed by atoms with Crippen LogP contribution in [0.3, 0.4) is 0 Å². The van der Waals surface area contributed by atoms with Gasteiger partial charge in [-0.2, -0.15) is 5.10 Å². The first-order chi connectivity index (χ1) is 10.1. The molecule has 0 radical (unpaired) electrons. The maximum atomic E-state index is 11.6. The van der Waals surface area contributed by atoms with Crippen LogP contribution in [-0.2, 0) is 19.4 Å². The van der Waals surface area contributed by atoms with E-state index in [0.29, 0.717) is 0 Å². The van der Waals surface area contributed by atoms with Gasteiger partial charge in [-0.3, -0.25) is 9.48 Å². The molecule has 4 nitrogen and oxygen atoms in total. The minimum atomic E-state index is 0.0888. The van der Waals surface area contributed by atoms with Crippen LogP contribution < -0.4 is 4.74 Å². The number of rotatable bonds is 4. The number of hydrogen-bond donors (Lipinski definition) is 0. The van der Waals surface area contributed by atoms with Crippen LogP contribution in [0.5, 0.6) is 5.75 Å². The van der Waals surface area contributed by atoms with Gasteiger partial charge < -0.3 is 4.74 Å². The van der Waals surface area contributed by atoms with Crippen LogP contribution in [0, 0.1) is 13.8 Å². The topological polar surface area (TPSA) is 44.1 Å². The highest BCUT2D eigenvalue weighted by molar-refractivity contribution is 5.96. The van der Waals surface area contributed by atoms with Crippen molar-refractivity contribution in [3.8, 4) is 5.75 Å². The number of ether oxygens (including phenoxy) is 1. The Hall–Kier alpha value is -2.10. The molecule has 0 saturated heterocycles. The summed E-state index contributed by atoms with van der Waals surface area (Å²) in [6, 6.07) is 6.39. The number of ketones is 1. The SMILES string of the molecule is CC(=O)c1c(C)nn(CCc2ccc3c(c2)CCO3)c1C. The molecule has 0 atom stereocenters.